The number of hydrogen-bond acceptors (Lipinski definition) is 3. The molecule has 2 nitrogen and oxygen atoms in total. The van der Waals surface area contributed by atoms with Gasteiger partial charge in [-0.1, -0.05) is 19.9 Å². The minimum Gasteiger partial charge on any atom is -0.379 e. The predicted octanol–water partition coefficient (Wildman–Crippen LogP) is 2.51. The summed E-state index contributed by atoms with van der Waals surface area (Å²) < 4.78 is 5.52. The number of ether oxygens (including phenoxy) is 1. The first-order chi connectivity index (χ1) is 7.70. The number of hydrogen-bond donors (Lipinski definition) is 1. The zero-order valence-corrected chi connectivity index (χ0v) is 11.1. The van der Waals surface area contributed by atoms with Crippen LogP contribution >= 0.6 is 11.3 Å². The average Bonchev–Trinajstić information content (AvgIpc) is 2.68. The third kappa shape index (κ3) is 1.92. The van der Waals surface area contributed by atoms with E-state index in [4.69, 9.17) is 4.74 Å². The zero-order valence-electron chi connectivity index (χ0n) is 10.3. The van der Waals surface area contributed by atoms with Crippen LogP contribution in [0.25, 0.3) is 0 Å². The second kappa shape index (κ2) is 4.86. The molecule has 2 heterocycles. The molecule has 3 heteroatoms. The van der Waals surface area contributed by atoms with E-state index in [1.54, 1.807) is 0 Å². The summed E-state index contributed by atoms with van der Waals surface area (Å²) >= 11 is 1.87. The lowest BCUT2D eigenvalue weighted by Gasteiger charge is -2.48. The van der Waals surface area contributed by atoms with Crippen molar-refractivity contribution < 1.29 is 4.74 Å². The van der Waals surface area contributed by atoms with Crippen LogP contribution in [0.1, 0.15) is 18.7 Å². The monoisotopic (exact) mass is 239 g/mol. The highest BCUT2D eigenvalue weighted by atomic mass is 32.1. The molecule has 1 unspecified atom stereocenters. The van der Waals surface area contributed by atoms with Crippen LogP contribution in [0, 0.1) is 11.8 Å². The van der Waals surface area contributed by atoms with Crippen LogP contribution in [-0.4, -0.2) is 26.8 Å². The van der Waals surface area contributed by atoms with Crippen molar-refractivity contribution in [3.05, 3.63) is 22.4 Å². The van der Waals surface area contributed by atoms with Crippen LogP contribution in [-0.2, 0) is 10.2 Å². The van der Waals surface area contributed by atoms with E-state index in [9.17, 15) is 0 Å². The van der Waals surface area contributed by atoms with E-state index in [2.05, 4.69) is 36.7 Å². The number of rotatable bonds is 5. The molecule has 90 valence electrons. The van der Waals surface area contributed by atoms with Crippen LogP contribution in [0.3, 0.4) is 0 Å². The Kier molecular flexibility index (Phi) is 3.67. The SMILES string of the molecule is CNCC(C(C)C)C1(c2cccs2)COC1. The molecule has 1 aliphatic rings. The molecule has 1 aromatic rings. The molecule has 0 amide bonds. The van der Waals surface area contributed by atoms with E-state index in [0.29, 0.717) is 11.8 Å². The lowest BCUT2D eigenvalue weighted by atomic mass is 9.67. The van der Waals surface area contributed by atoms with Gasteiger partial charge in [0.05, 0.1) is 18.6 Å². The molecule has 16 heavy (non-hydrogen) atoms. The van der Waals surface area contributed by atoms with E-state index in [1.165, 1.54) is 4.88 Å². The second-order valence-electron chi connectivity index (χ2n) is 5.03. The topological polar surface area (TPSA) is 21.3 Å². The van der Waals surface area contributed by atoms with Crippen molar-refractivity contribution in [2.45, 2.75) is 19.3 Å². The summed E-state index contributed by atoms with van der Waals surface area (Å²) in [6, 6.07) is 4.41. The van der Waals surface area contributed by atoms with Gasteiger partial charge in [0.2, 0.25) is 0 Å². The Hall–Kier alpha value is -0.380. The van der Waals surface area contributed by atoms with Crippen LogP contribution in [0.4, 0.5) is 0 Å². The molecule has 1 aromatic heterocycles. The molecule has 1 fully saturated rings. The summed E-state index contributed by atoms with van der Waals surface area (Å²) in [6.07, 6.45) is 0. The Morgan fingerprint density at radius 2 is 2.25 bits per heavy atom. The van der Waals surface area contributed by atoms with Gasteiger partial charge in [0, 0.05) is 4.88 Å². The van der Waals surface area contributed by atoms with Crippen LogP contribution in [0.5, 0.6) is 0 Å². The van der Waals surface area contributed by atoms with Crippen molar-refractivity contribution in [2.24, 2.45) is 11.8 Å². The standard InChI is InChI=1S/C13H21NOS/c1-10(2)11(7-14-3)13(8-15-9-13)12-5-4-6-16-12/h4-6,10-11,14H,7-9H2,1-3H3. The summed E-state index contributed by atoms with van der Waals surface area (Å²) in [5.41, 5.74) is 0.269. The highest BCUT2D eigenvalue weighted by Gasteiger charge is 2.48. The molecule has 0 spiro atoms. The Morgan fingerprint density at radius 1 is 1.50 bits per heavy atom. The lowest BCUT2D eigenvalue weighted by molar-refractivity contribution is -0.0976. The number of nitrogens with one attached hydrogen (secondary N) is 1. The van der Waals surface area contributed by atoms with Gasteiger partial charge in [0.15, 0.2) is 0 Å². The first-order valence-electron chi connectivity index (χ1n) is 5.97. The highest BCUT2D eigenvalue weighted by Crippen LogP contribution is 2.44. The lowest BCUT2D eigenvalue weighted by Crippen LogP contribution is -2.55. The largest absolute Gasteiger partial charge is 0.379 e. The van der Waals surface area contributed by atoms with E-state index in [0.717, 1.165) is 19.8 Å². The molecule has 1 aliphatic heterocycles. The van der Waals surface area contributed by atoms with Gasteiger partial charge < -0.3 is 10.1 Å². The molecule has 0 saturated carbocycles. The van der Waals surface area contributed by atoms with E-state index >= 15 is 0 Å². The smallest absolute Gasteiger partial charge is 0.0596 e. The normalized spacial score (nSPS) is 20.8. The maximum absolute atomic E-state index is 5.52. The van der Waals surface area contributed by atoms with Gasteiger partial charge in [-0.15, -0.1) is 11.3 Å². The number of thiophene rings is 1. The molecule has 1 atom stereocenters. The fraction of sp³-hybridized carbons (Fsp3) is 0.692. The minimum atomic E-state index is 0.269. The first kappa shape index (κ1) is 12.1. The zero-order chi connectivity index (χ0) is 11.6. The molecular weight excluding hydrogens is 218 g/mol. The maximum atomic E-state index is 5.52. The van der Waals surface area contributed by atoms with Gasteiger partial charge in [0.25, 0.3) is 0 Å². The van der Waals surface area contributed by atoms with Gasteiger partial charge >= 0.3 is 0 Å². The average molecular weight is 239 g/mol. The fourth-order valence-electron chi connectivity index (χ4n) is 2.71. The Balaban J connectivity index is 2.25. The van der Waals surface area contributed by atoms with Crippen molar-refractivity contribution in [1.82, 2.24) is 5.32 Å². The van der Waals surface area contributed by atoms with Gasteiger partial charge in [-0.25, -0.2) is 0 Å². The Morgan fingerprint density at radius 3 is 2.62 bits per heavy atom. The predicted molar refractivity (Wildman–Crippen MR) is 69.1 cm³/mol. The summed E-state index contributed by atoms with van der Waals surface area (Å²) in [5, 5.41) is 5.51. The second-order valence-corrected chi connectivity index (χ2v) is 5.98. The van der Waals surface area contributed by atoms with Crippen LogP contribution in [0.15, 0.2) is 17.5 Å². The molecule has 1 saturated heterocycles. The molecule has 0 radical (unpaired) electrons. The van der Waals surface area contributed by atoms with Gasteiger partial charge in [-0.05, 0) is 36.9 Å². The first-order valence-corrected chi connectivity index (χ1v) is 6.85. The summed E-state index contributed by atoms with van der Waals surface area (Å²) in [7, 11) is 2.04. The van der Waals surface area contributed by atoms with Crippen molar-refractivity contribution in [3.8, 4) is 0 Å². The van der Waals surface area contributed by atoms with E-state index in [-0.39, 0.29) is 5.41 Å². The Bertz CT molecular complexity index is 317. The van der Waals surface area contributed by atoms with Gasteiger partial charge in [-0.2, -0.15) is 0 Å². The van der Waals surface area contributed by atoms with Crippen molar-refractivity contribution in [2.75, 3.05) is 26.8 Å². The molecule has 0 bridgehead atoms. The van der Waals surface area contributed by atoms with Gasteiger partial charge in [-0.3, -0.25) is 0 Å². The molecule has 0 aliphatic carbocycles. The molecule has 0 aromatic carbocycles. The quantitative estimate of drug-likeness (QED) is 0.852. The van der Waals surface area contributed by atoms with Crippen molar-refractivity contribution in [3.63, 3.8) is 0 Å². The highest BCUT2D eigenvalue weighted by molar-refractivity contribution is 7.10. The summed E-state index contributed by atoms with van der Waals surface area (Å²) in [5.74, 6) is 1.34. The van der Waals surface area contributed by atoms with Crippen LogP contribution in [0.2, 0.25) is 0 Å². The van der Waals surface area contributed by atoms with Gasteiger partial charge in [0.1, 0.15) is 0 Å². The van der Waals surface area contributed by atoms with E-state index in [1.807, 2.05) is 18.4 Å². The Labute approximate surface area is 102 Å². The molecule has 1 N–H and O–H groups in total. The van der Waals surface area contributed by atoms with Crippen LogP contribution < -0.4 is 5.32 Å². The fourth-order valence-corrected chi connectivity index (χ4v) is 3.68. The third-order valence-electron chi connectivity index (χ3n) is 3.67. The molecule has 2 rings (SSSR count). The maximum Gasteiger partial charge on any atom is 0.0596 e. The van der Waals surface area contributed by atoms with Crippen molar-refractivity contribution >= 4 is 11.3 Å². The summed E-state index contributed by atoms with van der Waals surface area (Å²) in [4.78, 5) is 1.49. The molecular formula is C13H21NOS. The van der Waals surface area contributed by atoms with Crippen molar-refractivity contribution in [1.29, 1.82) is 0 Å². The van der Waals surface area contributed by atoms with E-state index < -0.39 is 0 Å². The summed E-state index contributed by atoms with van der Waals surface area (Å²) in [6.45, 7) is 7.47. The third-order valence-corrected chi connectivity index (χ3v) is 4.76. The minimum absolute atomic E-state index is 0.269.